The molecule has 0 aliphatic heterocycles. The number of esters is 1. The normalized spacial score (nSPS) is 12.5. The fourth-order valence-electron chi connectivity index (χ4n) is 1.57. The van der Waals surface area contributed by atoms with E-state index in [1.807, 2.05) is 5.38 Å². The van der Waals surface area contributed by atoms with Crippen LogP contribution in [-0.4, -0.2) is 33.8 Å². The Bertz CT molecular complexity index is 653. The fourth-order valence-corrected chi connectivity index (χ4v) is 3.17. The molecular weight excluding hydrogens is 298 g/mol. The lowest BCUT2D eigenvalue weighted by molar-refractivity contribution is -0.144. The lowest BCUT2D eigenvalue weighted by Crippen LogP contribution is -2.34. The molecule has 2 rings (SSSR count). The zero-order valence-corrected chi connectivity index (χ0v) is 12.6. The summed E-state index contributed by atoms with van der Waals surface area (Å²) in [6.45, 7) is 2.07. The summed E-state index contributed by atoms with van der Waals surface area (Å²) in [5.41, 5.74) is 6.29. The second-order valence-corrected chi connectivity index (χ2v) is 5.92. The lowest BCUT2D eigenvalue weighted by atomic mass is 10.4. The van der Waals surface area contributed by atoms with Crippen LogP contribution >= 0.6 is 23.1 Å². The first-order chi connectivity index (χ1) is 9.61. The van der Waals surface area contributed by atoms with Crippen molar-refractivity contribution in [2.75, 3.05) is 12.4 Å². The number of ether oxygens (including phenoxy) is 1. The minimum Gasteiger partial charge on any atom is -0.465 e. The minimum absolute atomic E-state index is 0.0958. The van der Waals surface area contributed by atoms with Crippen molar-refractivity contribution >= 4 is 34.0 Å². The van der Waals surface area contributed by atoms with E-state index >= 15 is 0 Å². The van der Waals surface area contributed by atoms with Gasteiger partial charge in [-0.1, -0.05) is 0 Å². The quantitative estimate of drug-likeness (QED) is 0.797. The number of aromatic nitrogens is 2. The SMILES string of the molecule is CCOC(=O)C(N)CSCc1cc(=O)n2ccsc2n1. The topological polar surface area (TPSA) is 86.7 Å². The molecule has 2 aromatic heterocycles. The van der Waals surface area contributed by atoms with Crippen LogP contribution in [0.1, 0.15) is 12.6 Å². The molecule has 0 aliphatic rings. The zero-order chi connectivity index (χ0) is 14.5. The van der Waals surface area contributed by atoms with Gasteiger partial charge in [-0.05, 0) is 6.92 Å². The molecule has 6 nitrogen and oxygen atoms in total. The fraction of sp³-hybridized carbons (Fsp3) is 0.417. The summed E-state index contributed by atoms with van der Waals surface area (Å²) < 4.78 is 6.33. The third-order valence-electron chi connectivity index (χ3n) is 2.49. The molecule has 20 heavy (non-hydrogen) atoms. The van der Waals surface area contributed by atoms with E-state index < -0.39 is 12.0 Å². The summed E-state index contributed by atoms with van der Waals surface area (Å²) in [6, 6.07) is 0.856. The first-order valence-electron chi connectivity index (χ1n) is 6.07. The number of fused-ring (bicyclic) bond motifs is 1. The van der Waals surface area contributed by atoms with Crippen LogP contribution in [0.4, 0.5) is 0 Å². The Balaban J connectivity index is 1.93. The van der Waals surface area contributed by atoms with E-state index in [1.165, 1.54) is 33.6 Å². The lowest BCUT2D eigenvalue weighted by Gasteiger charge is -2.09. The van der Waals surface area contributed by atoms with Gasteiger partial charge in [-0.3, -0.25) is 14.0 Å². The molecule has 0 amide bonds. The molecule has 0 radical (unpaired) electrons. The largest absolute Gasteiger partial charge is 0.465 e. The molecule has 2 aromatic rings. The molecule has 0 saturated heterocycles. The minimum atomic E-state index is -0.647. The number of hydrogen-bond acceptors (Lipinski definition) is 7. The van der Waals surface area contributed by atoms with E-state index in [-0.39, 0.29) is 5.56 Å². The number of carbonyl (C=O) groups excluding carboxylic acids is 1. The first kappa shape index (κ1) is 15.0. The van der Waals surface area contributed by atoms with Gasteiger partial charge in [0.2, 0.25) is 0 Å². The van der Waals surface area contributed by atoms with Gasteiger partial charge < -0.3 is 10.5 Å². The highest BCUT2D eigenvalue weighted by Gasteiger charge is 2.14. The van der Waals surface area contributed by atoms with Gasteiger partial charge in [0.05, 0.1) is 12.3 Å². The molecule has 0 saturated carbocycles. The van der Waals surface area contributed by atoms with E-state index in [0.29, 0.717) is 28.8 Å². The van der Waals surface area contributed by atoms with Crippen LogP contribution in [-0.2, 0) is 15.3 Å². The Hall–Kier alpha value is -1.38. The van der Waals surface area contributed by atoms with Crippen molar-refractivity contribution in [2.24, 2.45) is 5.73 Å². The van der Waals surface area contributed by atoms with Gasteiger partial charge in [0.25, 0.3) is 5.56 Å². The van der Waals surface area contributed by atoms with Crippen molar-refractivity contribution in [1.29, 1.82) is 0 Å². The number of rotatable bonds is 6. The number of hydrogen-bond donors (Lipinski definition) is 1. The van der Waals surface area contributed by atoms with Crippen LogP contribution in [0.3, 0.4) is 0 Å². The molecule has 1 unspecified atom stereocenters. The van der Waals surface area contributed by atoms with E-state index in [1.54, 1.807) is 13.1 Å². The van der Waals surface area contributed by atoms with Crippen molar-refractivity contribution < 1.29 is 9.53 Å². The third kappa shape index (κ3) is 3.59. The number of thioether (sulfide) groups is 1. The third-order valence-corrected chi connectivity index (χ3v) is 4.34. The predicted octanol–water partition coefficient (Wildman–Crippen LogP) is 0.880. The van der Waals surface area contributed by atoms with Gasteiger partial charge in [0.15, 0.2) is 4.96 Å². The molecule has 0 aromatic carbocycles. The van der Waals surface area contributed by atoms with Crippen LogP contribution < -0.4 is 11.3 Å². The Morgan fingerprint density at radius 1 is 1.65 bits per heavy atom. The van der Waals surface area contributed by atoms with Gasteiger partial charge >= 0.3 is 5.97 Å². The molecule has 0 fully saturated rings. The van der Waals surface area contributed by atoms with Gasteiger partial charge in [-0.2, -0.15) is 11.8 Å². The average molecular weight is 313 g/mol. The molecule has 2 heterocycles. The highest BCUT2D eigenvalue weighted by Crippen LogP contribution is 2.13. The highest BCUT2D eigenvalue weighted by molar-refractivity contribution is 7.98. The predicted molar refractivity (Wildman–Crippen MR) is 80.1 cm³/mol. The van der Waals surface area contributed by atoms with Crippen molar-refractivity contribution in [2.45, 2.75) is 18.7 Å². The maximum absolute atomic E-state index is 11.8. The molecule has 108 valence electrons. The Kier molecular flexibility index (Phi) is 5.16. The Morgan fingerprint density at radius 2 is 2.45 bits per heavy atom. The number of nitrogens with two attached hydrogens (primary N) is 1. The van der Waals surface area contributed by atoms with E-state index in [9.17, 15) is 9.59 Å². The van der Waals surface area contributed by atoms with Crippen LogP contribution in [0.25, 0.3) is 4.96 Å². The van der Waals surface area contributed by atoms with Gasteiger partial charge in [-0.15, -0.1) is 11.3 Å². The van der Waals surface area contributed by atoms with Crippen LogP contribution in [0.2, 0.25) is 0 Å². The summed E-state index contributed by atoms with van der Waals surface area (Å²) in [7, 11) is 0. The van der Waals surface area contributed by atoms with Crippen LogP contribution in [0.5, 0.6) is 0 Å². The molecule has 2 N–H and O–H groups in total. The second kappa shape index (κ2) is 6.87. The maximum atomic E-state index is 11.8. The van der Waals surface area contributed by atoms with Crippen LogP contribution in [0.15, 0.2) is 22.4 Å². The maximum Gasteiger partial charge on any atom is 0.323 e. The molecule has 0 bridgehead atoms. The molecule has 8 heteroatoms. The van der Waals surface area contributed by atoms with Gasteiger partial charge in [0.1, 0.15) is 6.04 Å². The molecule has 0 spiro atoms. The summed E-state index contributed by atoms with van der Waals surface area (Å²) in [5.74, 6) is 0.572. The van der Waals surface area contributed by atoms with E-state index in [4.69, 9.17) is 10.5 Å². The number of thiazole rings is 1. The van der Waals surface area contributed by atoms with Crippen molar-refractivity contribution in [3.63, 3.8) is 0 Å². The Labute approximate surface area is 124 Å². The average Bonchev–Trinajstić information content (AvgIpc) is 2.87. The summed E-state index contributed by atoms with van der Waals surface area (Å²) in [6.07, 6.45) is 1.70. The number of carbonyl (C=O) groups is 1. The Morgan fingerprint density at radius 3 is 3.20 bits per heavy atom. The second-order valence-electron chi connectivity index (χ2n) is 4.01. The van der Waals surface area contributed by atoms with Crippen molar-refractivity contribution in [1.82, 2.24) is 9.38 Å². The standard InChI is InChI=1S/C12H15N3O3S2/c1-2-18-11(17)9(13)7-19-6-8-5-10(16)15-3-4-20-12(15)14-8/h3-5,9H,2,6-7,13H2,1H3. The molecule has 1 atom stereocenters. The highest BCUT2D eigenvalue weighted by atomic mass is 32.2. The monoisotopic (exact) mass is 313 g/mol. The van der Waals surface area contributed by atoms with E-state index in [2.05, 4.69) is 4.98 Å². The van der Waals surface area contributed by atoms with Crippen molar-refractivity contribution in [3.8, 4) is 0 Å². The molecular formula is C12H15N3O3S2. The van der Waals surface area contributed by atoms with Crippen molar-refractivity contribution in [3.05, 3.63) is 33.7 Å². The zero-order valence-electron chi connectivity index (χ0n) is 10.9. The van der Waals surface area contributed by atoms with Gasteiger partial charge in [-0.25, -0.2) is 4.98 Å². The summed E-state index contributed by atoms with van der Waals surface area (Å²) in [4.78, 5) is 28.2. The summed E-state index contributed by atoms with van der Waals surface area (Å²) in [5, 5.41) is 1.82. The first-order valence-corrected chi connectivity index (χ1v) is 8.11. The number of nitrogens with zero attached hydrogens (tertiary/aromatic N) is 2. The van der Waals surface area contributed by atoms with Crippen LogP contribution in [0, 0.1) is 0 Å². The smallest absolute Gasteiger partial charge is 0.323 e. The summed E-state index contributed by atoms with van der Waals surface area (Å²) >= 11 is 2.87. The van der Waals surface area contributed by atoms with E-state index in [0.717, 1.165) is 0 Å². The van der Waals surface area contributed by atoms with Gasteiger partial charge in [0, 0.05) is 29.1 Å². The molecule has 0 aliphatic carbocycles.